The zero-order valence-electron chi connectivity index (χ0n) is 26.1. The number of nitrogens with zero attached hydrogens (tertiary/aromatic N) is 2. The summed E-state index contributed by atoms with van der Waals surface area (Å²) in [5.74, 6) is -0.335. The number of hydrogen-bond donors (Lipinski definition) is 1. The van der Waals surface area contributed by atoms with Crippen molar-refractivity contribution in [3.8, 4) is 17.2 Å². The molecular formula is C33H39F2N3O6Si. The Kier molecular flexibility index (Phi) is 10.0. The maximum atomic E-state index is 15.2. The second-order valence-electron chi connectivity index (χ2n) is 12.3. The zero-order chi connectivity index (χ0) is 32.1. The average Bonchev–Trinajstić information content (AvgIpc) is 3.65. The van der Waals surface area contributed by atoms with E-state index in [1.165, 1.54) is 31.4 Å². The van der Waals surface area contributed by atoms with Gasteiger partial charge in [0.1, 0.15) is 37.3 Å². The molecule has 0 radical (unpaired) electrons. The Morgan fingerprint density at radius 1 is 1.13 bits per heavy atom. The maximum absolute atomic E-state index is 15.2. The minimum Gasteiger partial charge on any atom is -0.493 e. The van der Waals surface area contributed by atoms with Crippen molar-refractivity contribution < 1.29 is 37.3 Å². The predicted octanol–water partition coefficient (Wildman–Crippen LogP) is 5.39. The molecule has 2 aliphatic heterocycles. The van der Waals surface area contributed by atoms with E-state index in [1.54, 1.807) is 12.1 Å². The summed E-state index contributed by atoms with van der Waals surface area (Å²) in [7, 11) is 0.137. The van der Waals surface area contributed by atoms with E-state index in [0.29, 0.717) is 49.1 Å². The second-order valence-corrected chi connectivity index (χ2v) is 17.9. The highest BCUT2D eigenvalue weighted by Gasteiger charge is 2.37. The standard InChI is InChI=1S/C33H39F2N3O6Si/c1-41-29-17-22(8-9-28(29)43-13-11-34)33(40)36-18-27(39)26-16-21-10-12-44-32(21)30(37-26)24-19-38(20-42-14-15-45(2,3)4)31-23(24)6-5-7-25(31)35/h5-9,16-17,24H,10-15,18-20H2,1-4H3,(H,36,40). The number of aromatic nitrogens is 1. The number of hydrogen-bond acceptors (Lipinski definition) is 8. The first-order chi connectivity index (χ1) is 21.6. The molecule has 0 saturated heterocycles. The highest BCUT2D eigenvalue weighted by molar-refractivity contribution is 6.76. The lowest BCUT2D eigenvalue weighted by molar-refractivity contribution is 0.0901. The molecular weight excluding hydrogens is 600 g/mol. The van der Waals surface area contributed by atoms with E-state index in [9.17, 15) is 14.0 Å². The Labute approximate surface area is 262 Å². The second kappa shape index (κ2) is 13.9. The molecule has 2 aliphatic rings. The lowest BCUT2D eigenvalue weighted by Crippen LogP contribution is -2.30. The number of carbonyl (C=O) groups excluding carboxylic acids is 2. The molecule has 3 heterocycles. The molecule has 0 bridgehead atoms. The number of alkyl halides is 1. The fourth-order valence-electron chi connectivity index (χ4n) is 5.49. The molecule has 1 amide bonds. The Bertz CT molecular complexity index is 1560. The molecule has 0 fully saturated rings. The van der Waals surface area contributed by atoms with Gasteiger partial charge in [0.05, 0.1) is 31.6 Å². The van der Waals surface area contributed by atoms with Gasteiger partial charge in [0.2, 0.25) is 0 Å². The van der Waals surface area contributed by atoms with Crippen molar-refractivity contribution in [2.75, 3.05) is 58.3 Å². The van der Waals surface area contributed by atoms with Gasteiger partial charge in [-0.3, -0.25) is 9.59 Å². The van der Waals surface area contributed by atoms with Crippen molar-refractivity contribution in [2.24, 2.45) is 0 Å². The number of ether oxygens (including phenoxy) is 4. The van der Waals surface area contributed by atoms with Crippen LogP contribution in [-0.2, 0) is 11.2 Å². The number of nitrogens with one attached hydrogen (secondary N) is 1. The summed E-state index contributed by atoms with van der Waals surface area (Å²) in [6, 6.07) is 12.2. The van der Waals surface area contributed by atoms with Gasteiger partial charge in [-0.1, -0.05) is 31.8 Å². The molecule has 2 aromatic carbocycles. The van der Waals surface area contributed by atoms with E-state index in [1.807, 2.05) is 11.0 Å². The number of anilines is 1. The number of fused-ring (bicyclic) bond motifs is 2. The first-order valence-electron chi connectivity index (χ1n) is 15.1. The third kappa shape index (κ3) is 7.45. The van der Waals surface area contributed by atoms with Crippen molar-refractivity contribution in [1.82, 2.24) is 10.3 Å². The molecule has 1 aromatic heterocycles. The van der Waals surface area contributed by atoms with Gasteiger partial charge < -0.3 is 29.2 Å². The molecule has 1 unspecified atom stereocenters. The topological polar surface area (TPSA) is 99.2 Å². The van der Waals surface area contributed by atoms with Crippen LogP contribution in [0.1, 0.15) is 43.6 Å². The number of para-hydroxylation sites is 1. The highest BCUT2D eigenvalue weighted by atomic mass is 28.3. The van der Waals surface area contributed by atoms with E-state index in [4.69, 9.17) is 23.9 Å². The van der Waals surface area contributed by atoms with Gasteiger partial charge in [0.25, 0.3) is 5.91 Å². The summed E-state index contributed by atoms with van der Waals surface area (Å²) in [5.41, 5.74) is 3.12. The van der Waals surface area contributed by atoms with Crippen LogP contribution in [-0.4, -0.2) is 78.2 Å². The number of carbonyl (C=O) groups is 2. The van der Waals surface area contributed by atoms with E-state index >= 15 is 4.39 Å². The number of rotatable bonds is 14. The van der Waals surface area contributed by atoms with E-state index in [0.717, 1.165) is 17.2 Å². The first kappa shape index (κ1) is 32.4. The molecule has 1 N–H and O–H groups in total. The first-order valence-corrected chi connectivity index (χ1v) is 18.8. The van der Waals surface area contributed by atoms with Gasteiger partial charge in [0.15, 0.2) is 17.3 Å². The number of Topliss-reactive ketones (excluding diaryl/α,β-unsaturated/α-hetero) is 1. The van der Waals surface area contributed by atoms with Crippen LogP contribution in [0, 0.1) is 5.82 Å². The van der Waals surface area contributed by atoms with Crippen molar-refractivity contribution in [2.45, 2.75) is 38.0 Å². The predicted molar refractivity (Wildman–Crippen MR) is 169 cm³/mol. The number of ketones is 1. The molecule has 5 rings (SSSR count). The molecule has 12 heteroatoms. The average molecular weight is 640 g/mol. The van der Waals surface area contributed by atoms with Gasteiger partial charge in [-0.05, 0) is 41.9 Å². The van der Waals surface area contributed by atoms with Crippen LogP contribution in [0.4, 0.5) is 14.5 Å². The van der Waals surface area contributed by atoms with Gasteiger partial charge in [-0.25, -0.2) is 13.8 Å². The Morgan fingerprint density at radius 2 is 1.96 bits per heavy atom. The molecule has 1 atom stereocenters. The van der Waals surface area contributed by atoms with Crippen LogP contribution in [0.5, 0.6) is 17.2 Å². The van der Waals surface area contributed by atoms with Crippen molar-refractivity contribution in [1.29, 1.82) is 0 Å². The van der Waals surface area contributed by atoms with Crippen LogP contribution in [0.2, 0.25) is 25.7 Å². The number of amides is 1. The number of halogens is 2. The minimum atomic E-state index is -1.28. The summed E-state index contributed by atoms with van der Waals surface area (Å²) < 4.78 is 50.2. The van der Waals surface area contributed by atoms with E-state index in [2.05, 4.69) is 25.0 Å². The lowest BCUT2D eigenvalue weighted by Gasteiger charge is -2.22. The van der Waals surface area contributed by atoms with Gasteiger partial charge >= 0.3 is 0 Å². The summed E-state index contributed by atoms with van der Waals surface area (Å²) in [5, 5.41) is 2.65. The fourth-order valence-corrected chi connectivity index (χ4v) is 6.25. The van der Waals surface area contributed by atoms with Gasteiger partial charge in [-0.2, -0.15) is 0 Å². The summed E-state index contributed by atoms with van der Waals surface area (Å²) in [6.07, 6.45) is 0.611. The third-order valence-corrected chi connectivity index (χ3v) is 9.54. The van der Waals surface area contributed by atoms with Gasteiger partial charge in [-0.15, -0.1) is 0 Å². The minimum absolute atomic E-state index is 0.136. The highest BCUT2D eigenvalue weighted by Crippen LogP contribution is 2.45. The summed E-state index contributed by atoms with van der Waals surface area (Å²) >= 11 is 0. The van der Waals surface area contributed by atoms with Crippen LogP contribution in [0.3, 0.4) is 0 Å². The number of pyridine rings is 1. The quantitative estimate of drug-likeness (QED) is 0.143. The fraction of sp³-hybridized carbons (Fsp3) is 0.424. The molecule has 240 valence electrons. The number of methoxy groups -OCH3 is 1. The molecule has 9 nitrogen and oxygen atoms in total. The van der Waals surface area contributed by atoms with Crippen LogP contribution < -0.4 is 24.4 Å². The van der Waals surface area contributed by atoms with E-state index < -0.39 is 20.7 Å². The number of benzene rings is 2. The van der Waals surface area contributed by atoms with Crippen LogP contribution in [0.15, 0.2) is 42.5 Å². The molecule has 45 heavy (non-hydrogen) atoms. The molecule has 3 aromatic rings. The Morgan fingerprint density at radius 3 is 2.71 bits per heavy atom. The van der Waals surface area contributed by atoms with Crippen LogP contribution >= 0.6 is 0 Å². The van der Waals surface area contributed by atoms with Crippen molar-refractivity contribution in [3.63, 3.8) is 0 Å². The van der Waals surface area contributed by atoms with Crippen molar-refractivity contribution >= 4 is 25.5 Å². The van der Waals surface area contributed by atoms with E-state index in [-0.39, 0.29) is 54.4 Å². The normalized spacial score (nSPS) is 15.3. The molecule has 0 aliphatic carbocycles. The Hall–Kier alpha value is -4.03. The summed E-state index contributed by atoms with van der Waals surface area (Å²) in [6.45, 7) is 7.50. The monoisotopic (exact) mass is 639 g/mol. The largest absolute Gasteiger partial charge is 0.493 e. The molecule has 0 saturated carbocycles. The zero-order valence-corrected chi connectivity index (χ0v) is 27.1. The lowest BCUT2D eigenvalue weighted by atomic mass is 9.94. The smallest absolute Gasteiger partial charge is 0.251 e. The van der Waals surface area contributed by atoms with Gasteiger partial charge in [0, 0.05) is 44.7 Å². The maximum Gasteiger partial charge on any atom is 0.251 e. The molecule has 0 spiro atoms. The summed E-state index contributed by atoms with van der Waals surface area (Å²) in [4.78, 5) is 32.9. The van der Waals surface area contributed by atoms with Crippen molar-refractivity contribution in [3.05, 3.63) is 76.4 Å². The van der Waals surface area contributed by atoms with Crippen LogP contribution in [0.25, 0.3) is 0 Å². The third-order valence-electron chi connectivity index (χ3n) is 7.84. The Balaban J connectivity index is 1.33. The SMILES string of the molecule is COc1cc(C(=O)NCC(=O)c2cc3c(c(C4CN(COCC[Si](C)(C)C)c5c(F)cccc54)n2)OCC3)ccc1OCCF.